The molecule has 1 atom stereocenters. The largest absolute Gasteiger partial charge is 0.481 e. The molecule has 0 spiro atoms. The maximum Gasteiger partial charge on any atom is 0.416 e. The molecule has 94 valence electrons. The van der Waals surface area contributed by atoms with Crippen LogP contribution in [-0.2, 0) is 17.4 Å². The molecule has 17 heavy (non-hydrogen) atoms. The lowest BCUT2D eigenvalue weighted by Gasteiger charge is -2.12. The molecule has 0 aliphatic rings. The number of carbonyl (C=O) groups is 1. The number of benzene rings is 1. The minimum absolute atomic E-state index is 0.235. The zero-order valence-corrected chi connectivity index (χ0v) is 9.51. The van der Waals surface area contributed by atoms with Gasteiger partial charge >= 0.3 is 12.1 Å². The highest BCUT2D eigenvalue weighted by molar-refractivity contribution is 5.70. The SMILES string of the molecule is Cc1cc(C(F)(F)F)ccc1CC(C)C(=O)O. The van der Waals surface area contributed by atoms with E-state index in [-0.39, 0.29) is 6.42 Å². The Morgan fingerprint density at radius 2 is 2.00 bits per heavy atom. The first-order valence-corrected chi connectivity index (χ1v) is 5.11. The molecule has 1 unspecified atom stereocenters. The van der Waals surface area contributed by atoms with E-state index < -0.39 is 23.6 Å². The minimum Gasteiger partial charge on any atom is -0.481 e. The number of carboxylic acid groups (broad SMARTS) is 1. The van der Waals surface area contributed by atoms with Gasteiger partial charge in [0.15, 0.2) is 0 Å². The predicted octanol–water partition coefficient (Wildman–Crippen LogP) is 3.28. The number of aryl methyl sites for hydroxylation is 1. The first kappa shape index (κ1) is 13.5. The van der Waals surface area contributed by atoms with E-state index >= 15 is 0 Å². The van der Waals surface area contributed by atoms with Crippen molar-refractivity contribution in [3.8, 4) is 0 Å². The number of rotatable bonds is 3. The monoisotopic (exact) mass is 246 g/mol. The summed E-state index contributed by atoms with van der Waals surface area (Å²) in [4.78, 5) is 10.7. The molecule has 0 radical (unpaired) electrons. The van der Waals surface area contributed by atoms with Crippen molar-refractivity contribution >= 4 is 5.97 Å². The molecule has 0 bridgehead atoms. The third-order valence-electron chi connectivity index (χ3n) is 2.62. The molecule has 2 nitrogen and oxygen atoms in total. The second kappa shape index (κ2) is 4.77. The van der Waals surface area contributed by atoms with Crippen molar-refractivity contribution in [1.82, 2.24) is 0 Å². The van der Waals surface area contributed by atoms with Crippen molar-refractivity contribution < 1.29 is 23.1 Å². The third-order valence-corrected chi connectivity index (χ3v) is 2.62. The summed E-state index contributed by atoms with van der Waals surface area (Å²) in [5.41, 5.74) is 0.391. The maximum atomic E-state index is 12.4. The molecular weight excluding hydrogens is 233 g/mol. The van der Waals surface area contributed by atoms with Gasteiger partial charge < -0.3 is 5.11 Å². The molecule has 0 aliphatic carbocycles. The fraction of sp³-hybridized carbons (Fsp3) is 0.417. The molecule has 5 heteroatoms. The van der Waals surface area contributed by atoms with Gasteiger partial charge in [-0.3, -0.25) is 4.79 Å². The molecule has 0 fully saturated rings. The number of alkyl halides is 3. The van der Waals surface area contributed by atoms with Gasteiger partial charge in [0.1, 0.15) is 0 Å². The van der Waals surface area contributed by atoms with E-state index in [9.17, 15) is 18.0 Å². The molecule has 0 saturated heterocycles. The standard InChI is InChI=1S/C12H13F3O2/c1-7-6-10(12(13,14)15)4-3-9(7)5-8(2)11(16)17/h3-4,6,8H,5H2,1-2H3,(H,16,17). The average Bonchev–Trinajstić information content (AvgIpc) is 2.19. The van der Waals surface area contributed by atoms with Crippen molar-refractivity contribution in [2.24, 2.45) is 5.92 Å². The summed E-state index contributed by atoms with van der Waals surface area (Å²) in [7, 11) is 0. The van der Waals surface area contributed by atoms with Crippen molar-refractivity contribution in [2.75, 3.05) is 0 Å². The maximum absolute atomic E-state index is 12.4. The predicted molar refractivity (Wildman–Crippen MR) is 56.7 cm³/mol. The van der Waals surface area contributed by atoms with Crippen LogP contribution >= 0.6 is 0 Å². The van der Waals surface area contributed by atoms with Gasteiger partial charge in [-0.2, -0.15) is 13.2 Å². The van der Waals surface area contributed by atoms with E-state index in [4.69, 9.17) is 5.11 Å². The molecule has 1 N–H and O–H groups in total. The summed E-state index contributed by atoms with van der Waals surface area (Å²) in [5.74, 6) is -1.56. The quantitative estimate of drug-likeness (QED) is 0.888. The van der Waals surface area contributed by atoms with Crippen LogP contribution in [0.5, 0.6) is 0 Å². The van der Waals surface area contributed by atoms with E-state index in [2.05, 4.69) is 0 Å². The molecule has 0 aromatic heterocycles. The van der Waals surface area contributed by atoms with Crippen molar-refractivity contribution in [1.29, 1.82) is 0 Å². The second-order valence-electron chi connectivity index (χ2n) is 4.08. The molecule has 0 aliphatic heterocycles. The highest BCUT2D eigenvalue weighted by Gasteiger charge is 2.30. The van der Waals surface area contributed by atoms with Gasteiger partial charge in [-0.05, 0) is 36.6 Å². The summed E-state index contributed by atoms with van der Waals surface area (Å²) in [5, 5.41) is 8.74. The Labute approximate surface area is 97.1 Å². The average molecular weight is 246 g/mol. The molecule has 1 rings (SSSR count). The summed E-state index contributed by atoms with van der Waals surface area (Å²) >= 11 is 0. The van der Waals surface area contributed by atoms with Crippen LogP contribution in [0.4, 0.5) is 13.2 Å². The molecule has 0 heterocycles. The summed E-state index contributed by atoms with van der Waals surface area (Å²) in [6, 6.07) is 3.37. The fourth-order valence-corrected chi connectivity index (χ4v) is 1.52. The van der Waals surface area contributed by atoms with E-state index in [0.717, 1.165) is 12.1 Å². The summed E-state index contributed by atoms with van der Waals surface area (Å²) in [6.07, 6.45) is -4.12. The van der Waals surface area contributed by atoms with Crippen LogP contribution in [0, 0.1) is 12.8 Å². The van der Waals surface area contributed by atoms with Crippen LogP contribution < -0.4 is 0 Å². The topological polar surface area (TPSA) is 37.3 Å². The number of carboxylic acids is 1. The van der Waals surface area contributed by atoms with Gasteiger partial charge in [-0.15, -0.1) is 0 Å². The summed E-state index contributed by atoms with van der Waals surface area (Å²) in [6.45, 7) is 3.08. The Kier molecular flexibility index (Phi) is 3.80. The van der Waals surface area contributed by atoms with Crippen molar-refractivity contribution in [2.45, 2.75) is 26.4 Å². The number of hydrogen-bond acceptors (Lipinski definition) is 1. The Bertz CT molecular complexity index is 424. The molecule has 1 aromatic carbocycles. The van der Waals surface area contributed by atoms with Gasteiger partial charge in [0.2, 0.25) is 0 Å². The van der Waals surface area contributed by atoms with E-state index in [1.165, 1.54) is 13.0 Å². The van der Waals surface area contributed by atoms with Crippen molar-refractivity contribution in [3.63, 3.8) is 0 Å². The van der Waals surface area contributed by atoms with Crippen LogP contribution in [-0.4, -0.2) is 11.1 Å². The van der Waals surface area contributed by atoms with Crippen LogP contribution in [0.25, 0.3) is 0 Å². The van der Waals surface area contributed by atoms with E-state index in [1.54, 1.807) is 6.92 Å². The highest BCUT2D eigenvalue weighted by Crippen LogP contribution is 2.30. The van der Waals surface area contributed by atoms with Crippen LogP contribution in [0.3, 0.4) is 0 Å². The van der Waals surface area contributed by atoms with Crippen LogP contribution in [0.1, 0.15) is 23.6 Å². The number of halogens is 3. The lowest BCUT2D eigenvalue weighted by atomic mass is 9.96. The minimum atomic E-state index is -4.36. The van der Waals surface area contributed by atoms with E-state index in [0.29, 0.717) is 11.1 Å². The Hall–Kier alpha value is -1.52. The first-order chi connectivity index (χ1) is 7.71. The zero-order valence-electron chi connectivity index (χ0n) is 9.51. The van der Waals surface area contributed by atoms with Crippen LogP contribution in [0.2, 0.25) is 0 Å². The summed E-state index contributed by atoms with van der Waals surface area (Å²) < 4.78 is 37.2. The highest BCUT2D eigenvalue weighted by atomic mass is 19.4. The lowest BCUT2D eigenvalue weighted by Crippen LogP contribution is -2.13. The van der Waals surface area contributed by atoms with Gasteiger partial charge in [-0.1, -0.05) is 13.0 Å². The third kappa shape index (κ3) is 3.47. The van der Waals surface area contributed by atoms with Gasteiger partial charge in [0.05, 0.1) is 11.5 Å². The number of hydrogen-bond donors (Lipinski definition) is 1. The zero-order chi connectivity index (χ0) is 13.2. The Balaban J connectivity index is 2.95. The fourth-order valence-electron chi connectivity index (χ4n) is 1.52. The van der Waals surface area contributed by atoms with Gasteiger partial charge in [-0.25, -0.2) is 0 Å². The molecule has 1 aromatic rings. The second-order valence-corrected chi connectivity index (χ2v) is 4.08. The smallest absolute Gasteiger partial charge is 0.416 e. The molecule has 0 amide bonds. The van der Waals surface area contributed by atoms with E-state index in [1.807, 2.05) is 0 Å². The number of aliphatic carboxylic acids is 1. The van der Waals surface area contributed by atoms with Gasteiger partial charge in [0, 0.05) is 0 Å². The first-order valence-electron chi connectivity index (χ1n) is 5.11. The lowest BCUT2D eigenvalue weighted by molar-refractivity contribution is -0.141. The molecular formula is C12H13F3O2. The normalized spacial score (nSPS) is 13.5. The molecule has 0 saturated carbocycles. The van der Waals surface area contributed by atoms with Gasteiger partial charge in [0.25, 0.3) is 0 Å². The van der Waals surface area contributed by atoms with Crippen molar-refractivity contribution in [3.05, 3.63) is 34.9 Å². The Morgan fingerprint density at radius 3 is 2.41 bits per heavy atom. The van der Waals surface area contributed by atoms with Crippen LogP contribution in [0.15, 0.2) is 18.2 Å². The Morgan fingerprint density at radius 1 is 1.41 bits per heavy atom.